The van der Waals surface area contributed by atoms with Crippen LogP contribution in [0, 0.1) is 10.1 Å². The summed E-state index contributed by atoms with van der Waals surface area (Å²) in [6.07, 6.45) is 1.22. The Bertz CT molecular complexity index is 967. The first-order chi connectivity index (χ1) is 12.9. The lowest BCUT2D eigenvalue weighted by atomic mass is 10.2. The molecule has 2 aromatic carbocycles. The van der Waals surface area contributed by atoms with Crippen LogP contribution < -0.4 is 5.11 Å². The second-order valence-corrected chi connectivity index (χ2v) is 7.69. The van der Waals surface area contributed by atoms with Gasteiger partial charge in [-0.25, -0.2) is 8.42 Å². The Morgan fingerprint density at radius 2 is 1.78 bits per heavy atom. The minimum atomic E-state index is -3.59. The van der Waals surface area contributed by atoms with E-state index in [0.29, 0.717) is 32.0 Å². The minimum absolute atomic E-state index is 0.0780. The summed E-state index contributed by atoms with van der Waals surface area (Å²) in [5.41, 5.74) is 0.291. The quantitative estimate of drug-likeness (QED) is 0.432. The van der Waals surface area contributed by atoms with Gasteiger partial charge in [0.1, 0.15) is 0 Å². The minimum Gasteiger partial charge on any atom is -0.872 e. The average molecular weight is 390 g/mol. The number of ether oxygens (including phenoxy) is 1. The van der Waals surface area contributed by atoms with Crippen molar-refractivity contribution < 1.29 is 23.2 Å². The number of benzene rings is 2. The predicted molar refractivity (Wildman–Crippen MR) is 95.8 cm³/mol. The summed E-state index contributed by atoms with van der Waals surface area (Å²) < 4.78 is 31.6. The molecule has 0 atom stereocenters. The number of nitrogens with zero attached hydrogens (tertiary/aromatic N) is 3. The molecule has 0 bridgehead atoms. The molecule has 2 aromatic rings. The van der Waals surface area contributed by atoms with Crippen LogP contribution in [-0.4, -0.2) is 50.2 Å². The highest BCUT2D eigenvalue weighted by atomic mass is 32.2. The zero-order valence-electron chi connectivity index (χ0n) is 14.1. The molecule has 0 spiro atoms. The second kappa shape index (κ2) is 7.82. The number of sulfonamides is 1. The van der Waals surface area contributed by atoms with E-state index in [4.69, 9.17) is 4.74 Å². The third-order valence-corrected chi connectivity index (χ3v) is 5.91. The molecule has 1 saturated heterocycles. The van der Waals surface area contributed by atoms with E-state index in [0.717, 1.165) is 18.2 Å². The number of rotatable bonds is 5. The third kappa shape index (κ3) is 4.30. The van der Waals surface area contributed by atoms with Crippen LogP contribution in [0.15, 0.2) is 52.4 Å². The number of nitro groups is 1. The van der Waals surface area contributed by atoms with Gasteiger partial charge in [-0.05, 0) is 29.8 Å². The molecule has 1 aliphatic heterocycles. The first kappa shape index (κ1) is 19.0. The van der Waals surface area contributed by atoms with Crippen LogP contribution in [0.5, 0.6) is 5.75 Å². The maximum absolute atomic E-state index is 12.6. The fraction of sp³-hybridized carbons (Fsp3) is 0.235. The van der Waals surface area contributed by atoms with Gasteiger partial charge in [-0.2, -0.15) is 4.31 Å². The molecule has 0 radical (unpaired) electrons. The van der Waals surface area contributed by atoms with Crippen molar-refractivity contribution in [2.24, 2.45) is 4.99 Å². The molecule has 0 amide bonds. The van der Waals surface area contributed by atoms with E-state index in [-0.39, 0.29) is 16.1 Å². The van der Waals surface area contributed by atoms with Gasteiger partial charge in [0.15, 0.2) is 0 Å². The molecule has 10 heteroatoms. The van der Waals surface area contributed by atoms with Gasteiger partial charge in [0.2, 0.25) is 10.0 Å². The Labute approximate surface area is 155 Å². The van der Waals surface area contributed by atoms with Crippen molar-refractivity contribution in [2.45, 2.75) is 4.90 Å². The Morgan fingerprint density at radius 1 is 1.11 bits per heavy atom. The normalized spacial score (nSPS) is 15.9. The highest BCUT2D eigenvalue weighted by molar-refractivity contribution is 7.89. The molecule has 3 rings (SSSR count). The van der Waals surface area contributed by atoms with E-state index in [1.807, 2.05) is 0 Å². The van der Waals surface area contributed by atoms with E-state index in [9.17, 15) is 23.6 Å². The topological polar surface area (TPSA) is 125 Å². The van der Waals surface area contributed by atoms with Gasteiger partial charge in [-0.15, -0.1) is 0 Å². The molecule has 0 aliphatic carbocycles. The summed E-state index contributed by atoms with van der Waals surface area (Å²) in [7, 11) is -3.59. The zero-order valence-corrected chi connectivity index (χ0v) is 15.0. The van der Waals surface area contributed by atoms with E-state index >= 15 is 0 Å². The van der Waals surface area contributed by atoms with E-state index in [1.165, 1.54) is 34.8 Å². The Kier molecular flexibility index (Phi) is 5.49. The molecule has 1 aliphatic rings. The Balaban J connectivity index is 1.79. The smallest absolute Gasteiger partial charge is 0.270 e. The van der Waals surface area contributed by atoms with Crippen molar-refractivity contribution in [3.05, 3.63) is 58.1 Å². The third-order valence-electron chi connectivity index (χ3n) is 4.00. The van der Waals surface area contributed by atoms with Crippen LogP contribution in [0.1, 0.15) is 5.56 Å². The van der Waals surface area contributed by atoms with Gasteiger partial charge in [-0.1, -0.05) is 11.8 Å². The van der Waals surface area contributed by atoms with Gasteiger partial charge < -0.3 is 9.84 Å². The monoisotopic (exact) mass is 390 g/mol. The van der Waals surface area contributed by atoms with E-state index in [2.05, 4.69) is 4.99 Å². The SMILES string of the molecule is O=[N+]([O-])c1ccc([O-])c(C=Nc2ccc(S(=O)(=O)N3CCOCC3)cc2)c1. The lowest BCUT2D eigenvalue weighted by Crippen LogP contribution is -2.40. The summed E-state index contributed by atoms with van der Waals surface area (Å²) in [5.74, 6) is -0.393. The first-order valence-electron chi connectivity index (χ1n) is 8.05. The Hall–Kier alpha value is -2.82. The standard InChI is InChI=1S/C17H17N3O6S/c21-17-6-3-15(20(22)23)11-13(17)12-18-14-1-4-16(5-2-14)27(24,25)19-7-9-26-10-8-19/h1-6,11-12,21H,7-10H2/p-1. The largest absolute Gasteiger partial charge is 0.872 e. The number of hydrogen-bond acceptors (Lipinski definition) is 7. The molecule has 27 heavy (non-hydrogen) atoms. The van der Waals surface area contributed by atoms with Crippen molar-refractivity contribution >= 4 is 27.6 Å². The number of morpholine rings is 1. The van der Waals surface area contributed by atoms with Crippen LogP contribution in [0.2, 0.25) is 0 Å². The lowest BCUT2D eigenvalue weighted by Gasteiger charge is -2.26. The maximum Gasteiger partial charge on any atom is 0.270 e. The molecule has 0 saturated carbocycles. The first-order valence-corrected chi connectivity index (χ1v) is 9.49. The molecular weight excluding hydrogens is 374 g/mol. The van der Waals surface area contributed by atoms with Crippen LogP contribution in [0.4, 0.5) is 11.4 Å². The molecule has 142 valence electrons. The summed E-state index contributed by atoms with van der Waals surface area (Å²) in [6, 6.07) is 9.26. The molecule has 1 fully saturated rings. The molecule has 0 N–H and O–H groups in total. The second-order valence-electron chi connectivity index (χ2n) is 5.75. The van der Waals surface area contributed by atoms with Gasteiger partial charge >= 0.3 is 0 Å². The van der Waals surface area contributed by atoms with Crippen LogP contribution in [0.25, 0.3) is 0 Å². The van der Waals surface area contributed by atoms with Crippen molar-refractivity contribution in [1.29, 1.82) is 0 Å². The van der Waals surface area contributed by atoms with Gasteiger partial charge in [0, 0.05) is 31.4 Å². The van der Waals surface area contributed by atoms with Crippen LogP contribution in [0.3, 0.4) is 0 Å². The fourth-order valence-electron chi connectivity index (χ4n) is 2.53. The summed E-state index contributed by atoms with van der Waals surface area (Å²) in [6.45, 7) is 1.34. The van der Waals surface area contributed by atoms with Crippen molar-refractivity contribution in [3.63, 3.8) is 0 Å². The Morgan fingerprint density at radius 3 is 2.41 bits per heavy atom. The van der Waals surface area contributed by atoms with Crippen molar-refractivity contribution in [1.82, 2.24) is 4.31 Å². The van der Waals surface area contributed by atoms with Crippen LogP contribution >= 0.6 is 0 Å². The highest BCUT2D eigenvalue weighted by Crippen LogP contribution is 2.23. The molecule has 0 aromatic heterocycles. The van der Waals surface area contributed by atoms with E-state index < -0.39 is 20.7 Å². The molecule has 1 heterocycles. The highest BCUT2D eigenvalue weighted by Gasteiger charge is 2.25. The number of aliphatic imine (C=N–C) groups is 1. The average Bonchev–Trinajstić information content (AvgIpc) is 2.68. The molecule has 0 unspecified atom stereocenters. The summed E-state index contributed by atoms with van der Waals surface area (Å²) in [4.78, 5) is 14.4. The predicted octanol–water partition coefficient (Wildman–Crippen LogP) is 1.44. The number of hydrogen-bond donors (Lipinski definition) is 0. The van der Waals surface area contributed by atoms with Gasteiger partial charge in [0.25, 0.3) is 5.69 Å². The maximum atomic E-state index is 12.6. The van der Waals surface area contributed by atoms with Crippen LogP contribution in [-0.2, 0) is 14.8 Å². The molecule has 9 nitrogen and oxygen atoms in total. The fourth-order valence-corrected chi connectivity index (χ4v) is 3.94. The van der Waals surface area contributed by atoms with E-state index in [1.54, 1.807) is 0 Å². The van der Waals surface area contributed by atoms with Crippen molar-refractivity contribution in [3.8, 4) is 5.75 Å². The number of nitro benzene ring substituents is 1. The lowest BCUT2D eigenvalue weighted by molar-refractivity contribution is -0.385. The van der Waals surface area contributed by atoms with Crippen molar-refractivity contribution in [2.75, 3.05) is 26.3 Å². The van der Waals surface area contributed by atoms with Gasteiger partial charge in [0.05, 0.1) is 28.7 Å². The summed E-state index contributed by atoms with van der Waals surface area (Å²) >= 11 is 0. The van der Waals surface area contributed by atoms with Gasteiger partial charge in [-0.3, -0.25) is 15.1 Å². The summed E-state index contributed by atoms with van der Waals surface area (Å²) in [5, 5.41) is 22.6. The number of non-ortho nitro benzene ring substituents is 1. The zero-order chi connectivity index (χ0) is 19.4. The molecular formula is C17H16N3O6S-.